The molecule has 0 aliphatic carbocycles. The van der Waals surface area contributed by atoms with Crippen molar-refractivity contribution in [3.8, 4) is 22.5 Å². The molecule has 0 saturated carbocycles. The third kappa shape index (κ3) is 3.90. The van der Waals surface area contributed by atoms with Crippen molar-refractivity contribution in [1.82, 2.24) is 24.8 Å². The molecule has 0 bridgehead atoms. The molecule has 0 atom stereocenters. The molecule has 2 aromatic carbocycles. The summed E-state index contributed by atoms with van der Waals surface area (Å²) in [6, 6.07) is 21.3. The van der Waals surface area contributed by atoms with Crippen molar-refractivity contribution in [3.63, 3.8) is 0 Å². The van der Waals surface area contributed by atoms with Gasteiger partial charge in [0, 0.05) is 42.9 Å². The predicted octanol–water partition coefficient (Wildman–Crippen LogP) is 3.33. The summed E-state index contributed by atoms with van der Waals surface area (Å²) in [7, 11) is 2.08. The maximum absolute atomic E-state index is 13.0. The first kappa shape index (κ1) is 20.1. The second-order valence-electron chi connectivity index (χ2n) is 8.04. The monoisotopic (exact) mass is 424 g/mol. The minimum Gasteiger partial charge on any atom is -0.368 e. The van der Waals surface area contributed by atoms with E-state index in [1.807, 2.05) is 71.6 Å². The zero-order valence-corrected chi connectivity index (χ0v) is 17.9. The molecule has 3 heterocycles. The molecular formula is C25H24N6O. The summed E-state index contributed by atoms with van der Waals surface area (Å²) in [4.78, 5) is 30.9. The van der Waals surface area contributed by atoms with Gasteiger partial charge in [0.15, 0.2) is 0 Å². The van der Waals surface area contributed by atoms with Gasteiger partial charge in [-0.25, -0.2) is 15.0 Å². The number of hydrogen-bond acceptors (Lipinski definition) is 6. The lowest BCUT2D eigenvalue weighted by Crippen LogP contribution is -2.47. The number of nitrogens with zero attached hydrogens (tertiary/aromatic N) is 5. The smallest absolute Gasteiger partial charge is 0.253 e. The van der Waals surface area contributed by atoms with Crippen molar-refractivity contribution in [2.75, 3.05) is 39.0 Å². The van der Waals surface area contributed by atoms with Gasteiger partial charge in [-0.3, -0.25) is 4.79 Å². The van der Waals surface area contributed by atoms with Crippen LogP contribution in [0, 0.1) is 0 Å². The van der Waals surface area contributed by atoms with Crippen LogP contribution >= 0.6 is 0 Å². The Morgan fingerprint density at radius 1 is 0.844 bits per heavy atom. The first-order valence-electron chi connectivity index (χ1n) is 10.7. The minimum atomic E-state index is 0.0572. The second kappa shape index (κ2) is 8.36. The van der Waals surface area contributed by atoms with E-state index in [1.165, 1.54) is 0 Å². The van der Waals surface area contributed by atoms with Gasteiger partial charge in [-0.1, -0.05) is 42.5 Å². The van der Waals surface area contributed by atoms with Gasteiger partial charge >= 0.3 is 0 Å². The number of nitrogen functional groups attached to an aromatic ring is 1. The van der Waals surface area contributed by atoms with Crippen molar-refractivity contribution in [2.24, 2.45) is 0 Å². The number of carbonyl (C=O) groups is 1. The number of aromatic nitrogens is 3. The standard InChI is InChI=1S/C25H24N6O/c1-30-12-14-31(15-13-30)24(32)19-9-5-8-18(16-19)20-10-11-21-23(27-20)22(29-25(26)28-21)17-6-3-2-4-7-17/h2-11,16H,12-15H2,1H3,(H2,26,28,29). The summed E-state index contributed by atoms with van der Waals surface area (Å²) < 4.78 is 0. The number of amides is 1. The van der Waals surface area contributed by atoms with Gasteiger partial charge in [0.2, 0.25) is 5.95 Å². The summed E-state index contributed by atoms with van der Waals surface area (Å²) in [5.74, 6) is 0.271. The van der Waals surface area contributed by atoms with Crippen molar-refractivity contribution < 1.29 is 4.79 Å². The van der Waals surface area contributed by atoms with Crippen LogP contribution in [0.5, 0.6) is 0 Å². The Morgan fingerprint density at radius 2 is 1.59 bits per heavy atom. The zero-order valence-electron chi connectivity index (χ0n) is 17.9. The van der Waals surface area contributed by atoms with Crippen LogP contribution in [0.25, 0.3) is 33.5 Å². The van der Waals surface area contributed by atoms with Gasteiger partial charge in [-0.2, -0.15) is 0 Å². The van der Waals surface area contributed by atoms with Gasteiger partial charge in [-0.15, -0.1) is 0 Å². The molecule has 160 valence electrons. The summed E-state index contributed by atoms with van der Waals surface area (Å²) in [5, 5.41) is 0. The van der Waals surface area contributed by atoms with E-state index in [0.717, 1.165) is 43.0 Å². The van der Waals surface area contributed by atoms with E-state index in [-0.39, 0.29) is 11.9 Å². The average molecular weight is 425 g/mol. The van der Waals surface area contributed by atoms with Crippen molar-refractivity contribution in [1.29, 1.82) is 0 Å². The number of rotatable bonds is 3. The summed E-state index contributed by atoms with van der Waals surface area (Å²) in [5.41, 5.74) is 11.2. The third-order valence-electron chi connectivity index (χ3n) is 5.80. The van der Waals surface area contributed by atoms with E-state index >= 15 is 0 Å². The van der Waals surface area contributed by atoms with Crippen LogP contribution in [0.1, 0.15) is 10.4 Å². The molecule has 1 saturated heterocycles. The van der Waals surface area contributed by atoms with Crippen LogP contribution in [0.4, 0.5) is 5.95 Å². The molecule has 7 heteroatoms. The molecule has 2 N–H and O–H groups in total. The number of hydrogen-bond donors (Lipinski definition) is 1. The van der Waals surface area contributed by atoms with E-state index in [1.54, 1.807) is 0 Å². The highest BCUT2D eigenvalue weighted by atomic mass is 16.2. The van der Waals surface area contributed by atoms with Crippen molar-refractivity contribution in [2.45, 2.75) is 0 Å². The number of nitrogens with two attached hydrogens (primary N) is 1. The van der Waals surface area contributed by atoms with Crippen LogP contribution in [0.3, 0.4) is 0 Å². The fraction of sp³-hybridized carbons (Fsp3) is 0.200. The third-order valence-corrected chi connectivity index (χ3v) is 5.80. The lowest BCUT2D eigenvalue weighted by molar-refractivity contribution is 0.0664. The maximum atomic E-state index is 13.0. The SMILES string of the molecule is CN1CCN(C(=O)c2cccc(-c3ccc4nc(N)nc(-c5ccccc5)c4n3)c2)CC1. The number of anilines is 1. The predicted molar refractivity (Wildman–Crippen MR) is 126 cm³/mol. The first-order valence-corrected chi connectivity index (χ1v) is 10.7. The molecule has 5 rings (SSSR count). The molecule has 1 fully saturated rings. The molecule has 4 aromatic rings. The van der Waals surface area contributed by atoms with Crippen LogP contribution in [0.15, 0.2) is 66.7 Å². The van der Waals surface area contributed by atoms with Gasteiger partial charge in [0.1, 0.15) is 11.2 Å². The molecule has 0 radical (unpaired) electrons. The molecule has 0 spiro atoms. The van der Waals surface area contributed by atoms with Gasteiger partial charge in [0.05, 0.1) is 11.2 Å². The number of benzene rings is 2. The van der Waals surface area contributed by atoms with Gasteiger partial charge in [0.25, 0.3) is 5.91 Å². The number of pyridine rings is 1. The Kier molecular flexibility index (Phi) is 5.25. The Balaban J connectivity index is 1.53. The highest BCUT2D eigenvalue weighted by Crippen LogP contribution is 2.28. The second-order valence-corrected chi connectivity index (χ2v) is 8.04. The van der Waals surface area contributed by atoms with Crippen molar-refractivity contribution in [3.05, 3.63) is 72.3 Å². The molecule has 1 aliphatic heterocycles. The fourth-order valence-electron chi connectivity index (χ4n) is 3.99. The van der Waals surface area contributed by atoms with Crippen LogP contribution in [-0.2, 0) is 0 Å². The quantitative estimate of drug-likeness (QED) is 0.543. The maximum Gasteiger partial charge on any atom is 0.253 e. The minimum absolute atomic E-state index is 0.0572. The highest BCUT2D eigenvalue weighted by molar-refractivity contribution is 5.96. The van der Waals surface area contributed by atoms with E-state index in [9.17, 15) is 4.79 Å². The van der Waals surface area contributed by atoms with Crippen LogP contribution in [-0.4, -0.2) is 63.9 Å². The molecule has 2 aromatic heterocycles. The van der Waals surface area contributed by atoms with E-state index in [4.69, 9.17) is 10.7 Å². The Hall–Kier alpha value is -3.84. The van der Waals surface area contributed by atoms with E-state index < -0.39 is 0 Å². The Labute approximate surface area is 186 Å². The molecule has 1 amide bonds. The van der Waals surface area contributed by atoms with E-state index in [0.29, 0.717) is 22.3 Å². The van der Waals surface area contributed by atoms with E-state index in [2.05, 4.69) is 21.9 Å². The lowest BCUT2D eigenvalue weighted by Gasteiger charge is -2.32. The Morgan fingerprint density at radius 3 is 2.38 bits per heavy atom. The number of likely N-dealkylation sites (N-methyl/N-ethyl adjacent to an activating group) is 1. The largest absolute Gasteiger partial charge is 0.368 e. The lowest BCUT2D eigenvalue weighted by atomic mass is 10.0. The van der Waals surface area contributed by atoms with Crippen LogP contribution in [0.2, 0.25) is 0 Å². The number of fused-ring (bicyclic) bond motifs is 1. The van der Waals surface area contributed by atoms with Gasteiger partial charge < -0.3 is 15.5 Å². The number of piperazine rings is 1. The molecule has 32 heavy (non-hydrogen) atoms. The Bertz CT molecular complexity index is 1280. The normalized spacial score (nSPS) is 14.6. The van der Waals surface area contributed by atoms with Crippen LogP contribution < -0.4 is 5.73 Å². The zero-order chi connectivity index (χ0) is 22.1. The van der Waals surface area contributed by atoms with Gasteiger partial charge in [-0.05, 0) is 31.3 Å². The topological polar surface area (TPSA) is 88.2 Å². The molecule has 7 nitrogen and oxygen atoms in total. The summed E-state index contributed by atoms with van der Waals surface area (Å²) >= 11 is 0. The molecular weight excluding hydrogens is 400 g/mol. The fourth-order valence-corrected chi connectivity index (χ4v) is 3.99. The van der Waals surface area contributed by atoms with Crippen molar-refractivity contribution >= 4 is 22.9 Å². The first-order chi connectivity index (χ1) is 15.6. The average Bonchev–Trinajstić information content (AvgIpc) is 2.84. The summed E-state index contributed by atoms with van der Waals surface area (Å²) in [6.45, 7) is 3.27. The molecule has 0 unspecified atom stereocenters. The highest BCUT2D eigenvalue weighted by Gasteiger charge is 2.21. The molecule has 1 aliphatic rings. The number of carbonyl (C=O) groups excluding carboxylic acids is 1. The summed E-state index contributed by atoms with van der Waals surface area (Å²) in [6.07, 6.45) is 0.